The smallest absolute Gasteiger partial charge is 0.259 e. The summed E-state index contributed by atoms with van der Waals surface area (Å²) in [4.78, 5) is 33.4. The zero-order chi connectivity index (χ0) is 16.2. The molecule has 0 atom stereocenters. The van der Waals surface area contributed by atoms with E-state index in [1.54, 1.807) is 11.3 Å². The van der Waals surface area contributed by atoms with Gasteiger partial charge in [0.15, 0.2) is 0 Å². The summed E-state index contributed by atoms with van der Waals surface area (Å²) in [7, 11) is 0. The molecule has 0 saturated carbocycles. The van der Waals surface area contributed by atoms with Crippen LogP contribution in [0.2, 0.25) is 0 Å². The summed E-state index contributed by atoms with van der Waals surface area (Å²) in [5.41, 5.74) is 1.13. The average molecular weight is 353 g/mol. The number of hydrogen-bond donors (Lipinski definition) is 3. The van der Waals surface area contributed by atoms with E-state index in [4.69, 9.17) is 5.11 Å². The highest BCUT2D eigenvalue weighted by atomic mass is 32.2. The van der Waals surface area contributed by atoms with Gasteiger partial charge in [0.1, 0.15) is 10.7 Å². The highest BCUT2D eigenvalue weighted by Gasteiger charge is 2.19. The van der Waals surface area contributed by atoms with E-state index in [2.05, 4.69) is 15.3 Å². The van der Waals surface area contributed by atoms with Crippen LogP contribution < -0.4 is 10.9 Å². The van der Waals surface area contributed by atoms with Crippen LogP contribution >= 0.6 is 23.1 Å². The Morgan fingerprint density at radius 1 is 1.39 bits per heavy atom. The second kappa shape index (κ2) is 7.46. The summed E-state index contributed by atoms with van der Waals surface area (Å²) < 4.78 is 0. The second-order valence-corrected chi connectivity index (χ2v) is 7.54. The number of thiophene rings is 1. The molecule has 2 aromatic rings. The fourth-order valence-electron chi connectivity index (χ4n) is 2.76. The maximum absolute atomic E-state index is 12.4. The van der Waals surface area contributed by atoms with Gasteiger partial charge in [-0.25, -0.2) is 4.98 Å². The minimum atomic E-state index is -0.126. The predicted octanol–water partition coefficient (Wildman–Crippen LogP) is 1.21. The molecule has 3 rings (SSSR count). The molecule has 124 valence electrons. The van der Waals surface area contributed by atoms with Gasteiger partial charge in [-0.1, -0.05) is 0 Å². The summed E-state index contributed by atoms with van der Waals surface area (Å²) in [5, 5.41) is 12.0. The molecule has 0 bridgehead atoms. The summed E-state index contributed by atoms with van der Waals surface area (Å²) in [5.74, 6) is 1.25. The van der Waals surface area contributed by atoms with Crippen LogP contribution in [0, 0.1) is 0 Å². The predicted molar refractivity (Wildman–Crippen MR) is 93.1 cm³/mol. The topological polar surface area (TPSA) is 95.1 Å². The number of hydrogen-bond acceptors (Lipinski definition) is 6. The number of aryl methyl sites for hydroxylation is 2. The molecule has 0 fully saturated rings. The standard InChI is InChI=1S/C15H19N3O3S2/c19-6-5-16-12(20)8-22-7-11-17-14(21)13-9-3-1-2-4-10(9)23-15(13)18-11/h19H,1-8H2,(H,16,20)(H,17,18,21). The first kappa shape index (κ1) is 16.5. The van der Waals surface area contributed by atoms with Crippen LogP contribution in [0.1, 0.15) is 29.1 Å². The lowest BCUT2D eigenvalue weighted by Gasteiger charge is -2.09. The molecule has 2 heterocycles. The van der Waals surface area contributed by atoms with Gasteiger partial charge in [0.25, 0.3) is 5.56 Å². The summed E-state index contributed by atoms with van der Waals surface area (Å²) in [6.45, 7) is 0.201. The van der Waals surface area contributed by atoms with E-state index in [1.165, 1.54) is 28.6 Å². The van der Waals surface area contributed by atoms with Crippen molar-refractivity contribution < 1.29 is 9.90 Å². The van der Waals surface area contributed by atoms with Gasteiger partial charge in [-0.3, -0.25) is 9.59 Å². The minimum absolute atomic E-state index is 0.0604. The van der Waals surface area contributed by atoms with E-state index in [0.29, 0.717) is 11.6 Å². The Balaban J connectivity index is 1.70. The van der Waals surface area contributed by atoms with Crippen LogP contribution in [-0.4, -0.2) is 39.9 Å². The molecule has 2 aromatic heterocycles. The van der Waals surface area contributed by atoms with E-state index in [1.807, 2.05) is 0 Å². The molecule has 0 saturated heterocycles. The number of H-pyrrole nitrogens is 1. The third kappa shape index (κ3) is 3.76. The number of thioether (sulfide) groups is 1. The monoisotopic (exact) mass is 353 g/mol. The first-order chi connectivity index (χ1) is 11.2. The van der Waals surface area contributed by atoms with Crippen molar-refractivity contribution in [3.63, 3.8) is 0 Å². The number of nitrogens with zero attached hydrogens (tertiary/aromatic N) is 1. The van der Waals surface area contributed by atoms with E-state index in [-0.39, 0.29) is 30.4 Å². The van der Waals surface area contributed by atoms with E-state index in [9.17, 15) is 9.59 Å². The molecular formula is C15H19N3O3S2. The molecule has 1 amide bonds. The SMILES string of the molecule is O=C(CSCc1nc2sc3c(c2c(=O)[nH]1)CCCC3)NCCO. The van der Waals surface area contributed by atoms with Gasteiger partial charge in [-0.2, -0.15) is 0 Å². The highest BCUT2D eigenvalue weighted by Crippen LogP contribution is 2.33. The van der Waals surface area contributed by atoms with E-state index in [0.717, 1.165) is 29.5 Å². The van der Waals surface area contributed by atoms with Crippen molar-refractivity contribution in [2.75, 3.05) is 18.9 Å². The van der Waals surface area contributed by atoms with Gasteiger partial charge in [0.05, 0.1) is 23.5 Å². The fraction of sp³-hybridized carbons (Fsp3) is 0.533. The Bertz CT molecular complexity index is 769. The quantitative estimate of drug-likeness (QED) is 0.725. The van der Waals surface area contributed by atoms with Crippen molar-refractivity contribution in [1.29, 1.82) is 0 Å². The maximum atomic E-state index is 12.4. The first-order valence-electron chi connectivity index (χ1n) is 7.68. The number of rotatable bonds is 6. The number of aliphatic hydroxyl groups is 1. The van der Waals surface area contributed by atoms with Crippen molar-refractivity contribution in [3.8, 4) is 0 Å². The van der Waals surface area contributed by atoms with Crippen LogP contribution in [0.15, 0.2) is 4.79 Å². The van der Waals surface area contributed by atoms with Crippen LogP contribution in [0.4, 0.5) is 0 Å². The molecule has 3 N–H and O–H groups in total. The van der Waals surface area contributed by atoms with Crippen molar-refractivity contribution in [2.24, 2.45) is 0 Å². The van der Waals surface area contributed by atoms with Crippen LogP contribution in [-0.2, 0) is 23.4 Å². The Morgan fingerprint density at radius 3 is 3.04 bits per heavy atom. The zero-order valence-corrected chi connectivity index (χ0v) is 14.3. The summed E-state index contributed by atoms with van der Waals surface area (Å²) in [6, 6.07) is 0. The number of aromatic amines is 1. The minimum Gasteiger partial charge on any atom is -0.395 e. The number of aromatic nitrogens is 2. The fourth-order valence-corrected chi connectivity index (χ4v) is 4.76. The lowest BCUT2D eigenvalue weighted by atomic mass is 9.97. The zero-order valence-electron chi connectivity index (χ0n) is 12.7. The molecule has 23 heavy (non-hydrogen) atoms. The third-order valence-electron chi connectivity index (χ3n) is 3.78. The van der Waals surface area contributed by atoms with Crippen LogP contribution in [0.3, 0.4) is 0 Å². The van der Waals surface area contributed by atoms with Gasteiger partial charge >= 0.3 is 0 Å². The number of fused-ring (bicyclic) bond motifs is 3. The lowest BCUT2D eigenvalue weighted by Crippen LogP contribution is -2.28. The summed E-state index contributed by atoms with van der Waals surface area (Å²) >= 11 is 3.03. The highest BCUT2D eigenvalue weighted by molar-refractivity contribution is 7.99. The lowest BCUT2D eigenvalue weighted by molar-refractivity contribution is -0.118. The maximum Gasteiger partial charge on any atom is 0.259 e. The molecule has 0 aromatic carbocycles. The molecule has 0 unspecified atom stereocenters. The molecule has 1 aliphatic rings. The van der Waals surface area contributed by atoms with Crippen LogP contribution in [0.25, 0.3) is 10.2 Å². The number of carbonyl (C=O) groups excluding carboxylic acids is 1. The normalized spacial score (nSPS) is 14.0. The molecular weight excluding hydrogens is 334 g/mol. The Morgan fingerprint density at radius 2 is 2.22 bits per heavy atom. The van der Waals surface area contributed by atoms with Gasteiger partial charge in [-0.15, -0.1) is 23.1 Å². The summed E-state index contributed by atoms with van der Waals surface area (Å²) in [6.07, 6.45) is 4.34. The first-order valence-corrected chi connectivity index (χ1v) is 9.65. The Kier molecular flexibility index (Phi) is 5.34. The average Bonchev–Trinajstić information content (AvgIpc) is 2.91. The van der Waals surface area contributed by atoms with Gasteiger partial charge in [0.2, 0.25) is 5.91 Å². The van der Waals surface area contributed by atoms with Crippen molar-refractivity contribution in [2.45, 2.75) is 31.4 Å². The van der Waals surface area contributed by atoms with Crippen molar-refractivity contribution >= 4 is 39.2 Å². The Hall–Kier alpha value is -1.38. The van der Waals surface area contributed by atoms with E-state index < -0.39 is 0 Å². The van der Waals surface area contributed by atoms with Gasteiger partial charge in [0, 0.05) is 11.4 Å². The third-order valence-corrected chi connectivity index (χ3v) is 5.91. The largest absolute Gasteiger partial charge is 0.395 e. The molecule has 1 aliphatic carbocycles. The van der Waals surface area contributed by atoms with E-state index >= 15 is 0 Å². The van der Waals surface area contributed by atoms with Gasteiger partial charge in [-0.05, 0) is 31.2 Å². The van der Waals surface area contributed by atoms with Crippen molar-refractivity contribution in [1.82, 2.24) is 15.3 Å². The van der Waals surface area contributed by atoms with Crippen LogP contribution in [0.5, 0.6) is 0 Å². The number of amides is 1. The molecule has 6 nitrogen and oxygen atoms in total. The molecule has 0 spiro atoms. The molecule has 0 radical (unpaired) electrons. The molecule has 0 aliphatic heterocycles. The molecule has 8 heteroatoms. The second-order valence-electron chi connectivity index (χ2n) is 5.47. The number of carbonyl (C=O) groups is 1. The number of nitrogens with one attached hydrogen (secondary N) is 2. The van der Waals surface area contributed by atoms with Crippen molar-refractivity contribution in [3.05, 3.63) is 26.6 Å². The van der Waals surface area contributed by atoms with Gasteiger partial charge < -0.3 is 15.4 Å². The Labute approximate surface area is 141 Å². The number of aliphatic hydroxyl groups excluding tert-OH is 1.